The summed E-state index contributed by atoms with van der Waals surface area (Å²) >= 11 is 0. The molecule has 1 nitrogen and oxygen atoms in total. The molecule has 0 amide bonds. The van der Waals surface area contributed by atoms with Crippen LogP contribution < -0.4 is 0 Å². The first-order chi connectivity index (χ1) is 5.99. The number of aliphatic hydroxyl groups is 1. The van der Waals surface area contributed by atoms with E-state index in [1.807, 2.05) is 13.8 Å². The van der Waals surface area contributed by atoms with Crippen molar-refractivity contribution in [3.63, 3.8) is 0 Å². The molecule has 1 fully saturated rings. The summed E-state index contributed by atoms with van der Waals surface area (Å²) in [5.41, 5.74) is 0.910. The molecule has 1 rings (SSSR count). The first kappa shape index (κ1) is 10.8. The van der Waals surface area contributed by atoms with E-state index in [0.717, 1.165) is 12.8 Å². The number of hydrogen-bond donors (Lipinski definition) is 1. The van der Waals surface area contributed by atoms with E-state index in [4.69, 9.17) is 0 Å². The van der Waals surface area contributed by atoms with Crippen molar-refractivity contribution in [1.29, 1.82) is 0 Å². The molecule has 1 heteroatoms. The second-order valence-corrected chi connectivity index (χ2v) is 4.95. The van der Waals surface area contributed by atoms with E-state index in [2.05, 4.69) is 6.58 Å². The summed E-state index contributed by atoms with van der Waals surface area (Å²) in [6.45, 7) is 7.89. The van der Waals surface area contributed by atoms with Crippen LogP contribution in [0.5, 0.6) is 0 Å². The first-order valence-electron chi connectivity index (χ1n) is 5.39. The van der Waals surface area contributed by atoms with Gasteiger partial charge in [-0.05, 0) is 51.9 Å². The molecule has 76 valence electrons. The van der Waals surface area contributed by atoms with Crippen LogP contribution in [-0.2, 0) is 0 Å². The highest BCUT2D eigenvalue weighted by atomic mass is 16.3. The predicted molar refractivity (Wildman–Crippen MR) is 56.6 cm³/mol. The molecule has 1 N–H and O–H groups in total. The fourth-order valence-electron chi connectivity index (χ4n) is 2.03. The molecular weight excluding hydrogens is 160 g/mol. The second kappa shape index (κ2) is 4.28. The molecule has 0 aromatic heterocycles. The number of allylic oxidation sites excluding steroid dienone is 1. The summed E-state index contributed by atoms with van der Waals surface area (Å²) in [5, 5.41) is 9.60. The highest BCUT2D eigenvalue weighted by molar-refractivity contribution is 5.03. The van der Waals surface area contributed by atoms with Crippen molar-refractivity contribution in [2.45, 2.75) is 58.0 Å². The van der Waals surface area contributed by atoms with Gasteiger partial charge < -0.3 is 5.11 Å². The van der Waals surface area contributed by atoms with Crippen LogP contribution in [0.25, 0.3) is 0 Å². The van der Waals surface area contributed by atoms with E-state index in [1.54, 1.807) is 0 Å². The van der Waals surface area contributed by atoms with Gasteiger partial charge in [0.1, 0.15) is 0 Å². The maximum atomic E-state index is 9.60. The van der Waals surface area contributed by atoms with Gasteiger partial charge in [-0.3, -0.25) is 0 Å². The van der Waals surface area contributed by atoms with Gasteiger partial charge in [0.25, 0.3) is 0 Å². The average Bonchev–Trinajstić information content (AvgIpc) is 2.01. The Kier molecular flexibility index (Phi) is 3.55. The Morgan fingerprint density at radius 3 is 2.69 bits per heavy atom. The van der Waals surface area contributed by atoms with E-state index in [-0.39, 0.29) is 0 Å². The first-order valence-corrected chi connectivity index (χ1v) is 5.39. The van der Waals surface area contributed by atoms with Crippen LogP contribution in [0.1, 0.15) is 52.4 Å². The zero-order valence-electron chi connectivity index (χ0n) is 8.97. The van der Waals surface area contributed by atoms with E-state index in [0.29, 0.717) is 5.92 Å². The number of hydrogen-bond acceptors (Lipinski definition) is 1. The van der Waals surface area contributed by atoms with Crippen LogP contribution in [-0.4, -0.2) is 10.7 Å². The van der Waals surface area contributed by atoms with Gasteiger partial charge in [0, 0.05) is 0 Å². The van der Waals surface area contributed by atoms with Crippen LogP contribution >= 0.6 is 0 Å². The molecule has 1 saturated carbocycles. The summed E-state index contributed by atoms with van der Waals surface area (Å²) in [6, 6.07) is 0. The molecule has 0 aromatic carbocycles. The Bertz CT molecular complexity index is 176. The molecule has 0 bridgehead atoms. The third-order valence-electron chi connectivity index (χ3n) is 2.98. The Morgan fingerprint density at radius 2 is 2.15 bits per heavy atom. The Hall–Kier alpha value is -0.300. The molecule has 1 atom stereocenters. The van der Waals surface area contributed by atoms with Crippen molar-refractivity contribution in [3.05, 3.63) is 12.2 Å². The minimum absolute atomic E-state index is 0.502. The quantitative estimate of drug-likeness (QED) is 0.664. The molecule has 0 heterocycles. The lowest BCUT2D eigenvalue weighted by Gasteiger charge is -2.27. The number of rotatable bonds is 3. The highest BCUT2D eigenvalue weighted by Crippen LogP contribution is 2.32. The minimum atomic E-state index is -0.502. The highest BCUT2D eigenvalue weighted by Gasteiger charge is 2.20. The Labute approximate surface area is 81.9 Å². The maximum absolute atomic E-state index is 9.60. The monoisotopic (exact) mass is 182 g/mol. The third kappa shape index (κ3) is 3.95. The van der Waals surface area contributed by atoms with Crippen LogP contribution in [0.4, 0.5) is 0 Å². The van der Waals surface area contributed by atoms with Gasteiger partial charge in [0.05, 0.1) is 5.60 Å². The topological polar surface area (TPSA) is 20.2 Å². The lowest BCUT2D eigenvalue weighted by atomic mass is 9.81. The SMILES string of the molecule is C=C1CCCCC1CCC(C)(C)O. The van der Waals surface area contributed by atoms with Crippen molar-refractivity contribution >= 4 is 0 Å². The summed E-state index contributed by atoms with van der Waals surface area (Å²) in [6.07, 6.45) is 7.16. The molecule has 0 aromatic rings. The summed E-state index contributed by atoms with van der Waals surface area (Å²) in [5.74, 6) is 0.681. The van der Waals surface area contributed by atoms with Crippen molar-refractivity contribution in [1.82, 2.24) is 0 Å². The van der Waals surface area contributed by atoms with Crippen LogP contribution in [0.3, 0.4) is 0 Å². The average molecular weight is 182 g/mol. The lowest BCUT2D eigenvalue weighted by Crippen LogP contribution is -2.21. The van der Waals surface area contributed by atoms with Crippen LogP contribution in [0.15, 0.2) is 12.2 Å². The molecule has 1 aliphatic rings. The van der Waals surface area contributed by atoms with Crippen molar-refractivity contribution in [3.8, 4) is 0 Å². The zero-order chi connectivity index (χ0) is 9.90. The Morgan fingerprint density at radius 1 is 1.46 bits per heavy atom. The smallest absolute Gasteiger partial charge is 0.0592 e. The van der Waals surface area contributed by atoms with Gasteiger partial charge in [-0.25, -0.2) is 0 Å². The van der Waals surface area contributed by atoms with Gasteiger partial charge in [-0.2, -0.15) is 0 Å². The summed E-state index contributed by atoms with van der Waals surface area (Å²) < 4.78 is 0. The fraction of sp³-hybridized carbons (Fsp3) is 0.833. The standard InChI is InChI=1S/C12H22O/c1-10-6-4-5-7-11(10)8-9-12(2,3)13/h11,13H,1,4-9H2,2-3H3. The third-order valence-corrected chi connectivity index (χ3v) is 2.98. The molecule has 0 radical (unpaired) electrons. The maximum Gasteiger partial charge on any atom is 0.0592 e. The van der Waals surface area contributed by atoms with E-state index in [1.165, 1.54) is 31.3 Å². The molecule has 0 spiro atoms. The van der Waals surface area contributed by atoms with Gasteiger partial charge in [0.15, 0.2) is 0 Å². The van der Waals surface area contributed by atoms with Crippen molar-refractivity contribution in [2.24, 2.45) is 5.92 Å². The predicted octanol–water partition coefficient (Wildman–Crippen LogP) is 3.28. The molecule has 13 heavy (non-hydrogen) atoms. The lowest BCUT2D eigenvalue weighted by molar-refractivity contribution is 0.0640. The van der Waals surface area contributed by atoms with Gasteiger partial charge in [0.2, 0.25) is 0 Å². The van der Waals surface area contributed by atoms with E-state index in [9.17, 15) is 5.11 Å². The van der Waals surface area contributed by atoms with Gasteiger partial charge >= 0.3 is 0 Å². The van der Waals surface area contributed by atoms with Gasteiger partial charge in [-0.1, -0.05) is 18.6 Å². The summed E-state index contributed by atoms with van der Waals surface area (Å²) in [4.78, 5) is 0. The Balaban J connectivity index is 2.31. The molecule has 1 unspecified atom stereocenters. The molecule has 0 saturated heterocycles. The summed E-state index contributed by atoms with van der Waals surface area (Å²) in [7, 11) is 0. The van der Waals surface area contributed by atoms with E-state index >= 15 is 0 Å². The molecule has 1 aliphatic carbocycles. The molecule has 0 aliphatic heterocycles. The van der Waals surface area contributed by atoms with Crippen molar-refractivity contribution < 1.29 is 5.11 Å². The van der Waals surface area contributed by atoms with Crippen molar-refractivity contribution in [2.75, 3.05) is 0 Å². The van der Waals surface area contributed by atoms with Crippen LogP contribution in [0, 0.1) is 5.92 Å². The van der Waals surface area contributed by atoms with E-state index < -0.39 is 5.60 Å². The van der Waals surface area contributed by atoms with Gasteiger partial charge in [-0.15, -0.1) is 0 Å². The minimum Gasteiger partial charge on any atom is -0.390 e. The second-order valence-electron chi connectivity index (χ2n) is 4.95. The zero-order valence-corrected chi connectivity index (χ0v) is 8.97. The van der Waals surface area contributed by atoms with Crippen LogP contribution in [0.2, 0.25) is 0 Å². The fourth-order valence-corrected chi connectivity index (χ4v) is 2.03. The largest absolute Gasteiger partial charge is 0.390 e. The molecular formula is C12H22O. The normalized spacial score (nSPS) is 24.8.